The molecule has 0 saturated carbocycles. The van der Waals surface area contributed by atoms with E-state index in [1.165, 1.54) is 5.56 Å². The fraction of sp³-hybridized carbons (Fsp3) is 0.222. The third-order valence-corrected chi connectivity index (χ3v) is 4.41. The fourth-order valence-corrected chi connectivity index (χ4v) is 3.27. The van der Waals surface area contributed by atoms with E-state index in [1.807, 2.05) is 36.4 Å². The van der Waals surface area contributed by atoms with Gasteiger partial charge in [-0.1, -0.05) is 48.9 Å². The summed E-state index contributed by atoms with van der Waals surface area (Å²) in [5.74, 6) is 0.921. The van der Waals surface area contributed by atoms with Gasteiger partial charge in [-0.25, -0.2) is 0 Å². The molecule has 2 heterocycles. The Morgan fingerprint density at radius 2 is 2.00 bits per heavy atom. The number of ether oxygens (including phenoxy) is 1. The summed E-state index contributed by atoms with van der Waals surface area (Å²) in [6.07, 6.45) is 3.16. The summed E-state index contributed by atoms with van der Waals surface area (Å²) in [5, 5.41) is 2.90. The SMILES string of the molecule is CC[C@H]1Oc2ccc(Cl)cc2[C@@H]2C=C(c3ccccc3)NN12. The predicted octanol–water partition coefficient (Wildman–Crippen LogP) is 4.37. The number of benzene rings is 2. The summed E-state index contributed by atoms with van der Waals surface area (Å²) >= 11 is 6.18. The zero-order valence-corrected chi connectivity index (χ0v) is 13.0. The molecule has 3 nitrogen and oxygen atoms in total. The molecule has 0 spiro atoms. The molecule has 2 aromatic rings. The van der Waals surface area contributed by atoms with Gasteiger partial charge in [-0.3, -0.25) is 0 Å². The van der Waals surface area contributed by atoms with Crippen molar-refractivity contribution >= 4 is 17.3 Å². The van der Waals surface area contributed by atoms with Crippen molar-refractivity contribution in [2.45, 2.75) is 25.6 Å². The summed E-state index contributed by atoms with van der Waals surface area (Å²) in [7, 11) is 0. The standard InChI is InChI=1S/C18H17ClN2O/c1-2-18-21-16(14-10-13(19)8-9-17(14)22-18)11-15(20-21)12-6-4-3-5-7-12/h3-11,16,18,20H,2H2,1H3/t16-,18+/m0/s1. The van der Waals surface area contributed by atoms with Crippen LogP contribution in [0, 0.1) is 0 Å². The Labute approximate surface area is 135 Å². The van der Waals surface area contributed by atoms with E-state index in [1.54, 1.807) is 0 Å². The highest BCUT2D eigenvalue weighted by Crippen LogP contribution is 2.42. The van der Waals surface area contributed by atoms with Crippen LogP contribution in [0.3, 0.4) is 0 Å². The van der Waals surface area contributed by atoms with Crippen molar-refractivity contribution in [1.82, 2.24) is 10.4 Å². The van der Waals surface area contributed by atoms with E-state index in [2.05, 4.69) is 35.6 Å². The van der Waals surface area contributed by atoms with Gasteiger partial charge in [0.1, 0.15) is 5.75 Å². The molecule has 0 aromatic heterocycles. The number of halogens is 1. The number of hydrazine groups is 1. The van der Waals surface area contributed by atoms with Crippen LogP contribution in [0.1, 0.15) is 30.5 Å². The van der Waals surface area contributed by atoms with Crippen molar-refractivity contribution in [2.24, 2.45) is 0 Å². The van der Waals surface area contributed by atoms with Crippen LogP contribution in [0.25, 0.3) is 5.70 Å². The fourth-order valence-electron chi connectivity index (χ4n) is 3.09. The molecule has 4 heteroatoms. The van der Waals surface area contributed by atoms with E-state index in [4.69, 9.17) is 16.3 Å². The molecule has 22 heavy (non-hydrogen) atoms. The minimum atomic E-state index is 0.0103. The highest BCUT2D eigenvalue weighted by molar-refractivity contribution is 6.30. The maximum atomic E-state index is 6.18. The predicted molar refractivity (Wildman–Crippen MR) is 88.3 cm³/mol. The van der Waals surface area contributed by atoms with Crippen molar-refractivity contribution in [3.05, 3.63) is 70.8 Å². The maximum absolute atomic E-state index is 6.18. The van der Waals surface area contributed by atoms with Gasteiger partial charge in [-0.15, -0.1) is 0 Å². The second-order valence-electron chi connectivity index (χ2n) is 5.57. The van der Waals surface area contributed by atoms with Gasteiger partial charge in [0.05, 0.1) is 11.7 Å². The van der Waals surface area contributed by atoms with E-state index in [0.717, 1.165) is 28.5 Å². The second-order valence-corrected chi connectivity index (χ2v) is 6.01. The molecular weight excluding hydrogens is 296 g/mol. The molecular formula is C18H17ClN2O. The second kappa shape index (κ2) is 5.34. The Kier molecular flexibility index (Phi) is 3.32. The van der Waals surface area contributed by atoms with Crippen LogP contribution < -0.4 is 10.2 Å². The number of hydrogen-bond donors (Lipinski definition) is 1. The maximum Gasteiger partial charge on any atom is 0.169 e. The van der Waals surface area contributed by atoms with Gasteiger partial charge < -0.3 is 10.2 Å². The molecule has 2 atom stereocenters. The highest BCUT2D eigenvalue weighted by atomic mass is 35.5. The molecule has 2 aromatic carbocycles. The van der Waals surface area contributed by atoms with E-state index < -0.39 is 0 Å². The van der Waals surface area contributed by atoms with Gasteiger partial charge in [-0.2, -0.15) is 5.01 Å². The Morgan fingerprint density at radius 1 is 1.18 bits per heavy atom. The monoisotopic (exact) mass is 312 g/mol. The summed E-state index contributed by atoms with van der Waals surface area (Å²) in [5.41, 5.74) is 6.89. The Hall–Kier alpha value is -1.97. The lowest BCUT2D eigenvalue weighted by Crippen LogP contribution is -2.48. The average Bonchev–Trinajstić information content (AvgIpc) is 3.01. The molecule has 0 saturated heterocycles. The van der Waals surface area contributed by atoms with Gasteiger partial charge in [0, 0.05) is 10.6 Å². The minimum Gasteiger partial charge on any atom is -0.473 e. The summed E-state index contributed by atoms with van der Waals surface area (Å²) < 4.78 is 6.11. The molecule has 0 amide bonds. The average molecular weight is 313 g/mol. The molecule has 0 radical (unpaired) electrons. The lowest BCUT2D eigenvalue weighted by molar-refractivity contribution is -0.0320. The largest absolute Gasteiger partial charge is 0.473 e. The highest BCUT2D eigenvalue weighted by Gasteiger charge is 2.38. The summed E-state index contributed by atoms with van der Waals surface area (Å²) in [6, 6.07) is 16.3. The van der Waals surface area contributed by atoms with Crippen LogP contribution in [0.4, 0.5) is 0 Å². The van der Waals surface area contributed by atoms with E-state index >= 15 is 0 Å². The van der Waals surface area contributed by atoms with Gasteiger partial charge >= 0.3 is 0 Å². The normalized spacial score (nSPS) is 23.1. The quantitative estimate of drug-likeness (QED) is 0.891. The van der Waals surface area contributed by atoms with Crippen molar-refractivity contribution < 1.29 is 4.74 Å². The zero-order chi connectivity index (χ0) is 15.1. The smallest absolute Gasteiger partial charge is 0.169 e. The van der Waals surface area contributed by atoms with Crippen LogP contribution >= 0.6 is 11.6 Å². The van der Waals surface area contributed by atoms with Gasteiger partial charge in [0.25, 0.3) is 0 Å². The first-order valence-corrected chi connectivity index (χ1v) is 7.92. The molecule has 2 aliphatic heterocycles. The molecule has 0 fully saturated rings. The van der Waals surface area contributed by atoms with Crippen LogP contribution in [-0.2, 0) is 0 Å². The van der Waals surface area contributed by atoms with Crippen LogP contribution in [0.15, 0.2) is 54.6 Å². The minimum absolute atomic E-state index is 0.0103. The first-order chi connectivity index (χ1) is 10.8. The molecule has 0 bridgehead atoms. The van der Waals surface area contributed by atoms with Crippen molar-refractivity contribution in [3.8, 4) is 5.75 Å². The van der Waals surface area contributed by atoms with Crippen LogP contribution in [0.5, 0.6) is 5.75 Å². The molecule has 4 rings (SSSR count). The number of hydrogen-bond acceptors (Lipinski definition) is 3. The first-order valence-electron chi connectivity index (χ1n) is 7.54. The van der Waals surface area contributed by atoms with Gasteiger partial charge in [0.2, 0.25) is 0 Å². The lowest BCUT2D eigenvalue weighted by Gasteiger charge is -2.38. The van der Waals surface area contributed by atoms with E-state index in [9.17, 15) is 0 Å². The zero-order valence-electron chi connectivity index (χ0n) is 12.3. The molecule has 1 N–H and O–H groups in total. The topological polar surface area (TPSA) is 24.5 Å². The molecule has 0 unspecified atom stereocenters. The van der Waals surface area contributed by atoms with Crippen molar-refractivity contribution in [3.63, 3.8) is 0 Å². The van der Waals surface area contributed by atoms with Crippen LogP contribution in [0.2, 0.25) is 5.02 Å². The Bertz CT molecular complexity index is 729. The van der Waals surface area contributed by atoms with Crippen molar-refractivity contribution in [1.29, 1.82) is 0 Å². The summed E-state index contributed by atoms with van der Waals surface area (Å²) in [6.45, 7) is 2.13. The van der Waals surface area contributed by atoms with E-state index in [-0.39, 0.29) is 12.3 Å². The Morgan fingerprint density at radius 3 is 2.77 bits per heavy atom. The molecule has 2 aliphatic rings. The lowest BCUT2D eigenvalue weighted by atomic mass is 10.0. The summed E-state index contributed by atoms with van der Waals surface area (Å²) in [4.78, 5) is 0. The number of nitrogens with zero attached hydrogens (tertiary/aromatic N) is 1. The molecule has 0 aliphatic carbocycles. The molecule has 112 valence electrons. The van der Waals surface area contributed by atoms with Gasteiger partial charge in [0.15, 0.2) is 6.23 Å². The Balaban J connectivity index is 1.78. The van der Waals surface area contributed by atoms with Crippen molar-refractivity contribution in [2.75, 3.05) is 0 Å². The number of fused-ring (bicyclic) bond motifs is 3. The third kappa shape index (κ3) is 2.18. The number of nitrogens with one attached hydrogen (secondary N) is 1. The van der Waals surface area contributed by atoms with Gasteiger partial charge in [-0.05, 0) is 36.3 Å². The first kappa shape index (κ1) is 13.7. The van der Waals surface area contributed by atoms with E-state index in [0.29, 0.717) is 0 Å². The van der Waals surface area contributed by atoms with Crippen LogP contribution in [-0.4, -0.2) is 11.2 Å². The third-order valence-electron chi connectivity index (χ3n) is 4.17. The number of rotatable bonds is 2.